The summed E-state index contributed by atoms with van der Waals surface area (Å²) in [5.74, 6) is 0.0456. The fourth-order valence-electron chi connectivity index (χ4n) is 3.45. The van der Waals surface area contributed by atoms with Crippen LogP contribution in [0.5, 0.6) is 0 Å². The molecular formula is C18H25N3O3. The third-order valence-electron chi connectivity index (χ3n) is 4.61. The van der Waals surface area contributed by atoms with Gasteiger partial charge in [0.1, 0.15) is 6.61 Å². The van der Waals surface area contributed by atoms with Crippen LogP contribution in [0.1, 0.15) is 32.6 Å². The zero-order valence-electron chi connectivity index (χ0n) is 14.2. The maximum absolute atomic E-state index is 12.7. The number of anilines is 2. The first-order chi connectivity index (χ1) is 11.7. The van der Waals surface area contributed by atoms with Gasteiger partial charge in [-0.2, -0.15) is 0 Å². The zero-order chi connectivity index (χ0) is 16.9. The van der Waals surface area contributed by atoms with E-state index in [1.807, 2.05) is 24.3 Å². The molecule has 1 N–H and O–H groups in total. The molecule has 0 aliphatic carbocycles. The summed E-state index contributed by atoms with van der Waals surface area (Å²) in [6.07, 6.45) is 3.88. The molecule has 2 amide bonds. The predicted octanol–water partition coefficient (Wildman–Crippen LogP) is 2.85. The van der Waals surface area contributed by atoms with E-state index in [4.69, 9.17) is 4.74 Å². The number of rotatable bonds is 5. The quantitative estimate of drug-likeness (QED) is 0.901. The van der Waals surface area contributed by atoms with E-state index < -0.39 is 0 Å². The highest BCUT2D eigenvalue weighted by molar-refractivity contribution is 5.96. The fraction of sp³-hybridized carbons (Fsp3) is 0.556. The molecule has 1 aromatic rings. The van der Waals surface area contributed by atoms with Crippen LogP contribution in [0.25, 0.3) is 0 Å². The molecule has 0 aromatic heterocycles. The van der Waals surface area contributed by atoms with Gasteiger partial charge in [-0.3, -0.25) is 14.6 Å². The Morgan fingerprint density at radius 1 is 1.33 bits per heavy atom. The second-order valence-electron chi connectivity index (χ2n) is 6.35. The Balaban J connectivity index is 1.68. The number of carbonyl (C=O) groups is 2. The van der Waals surface area contributed by atoms with Gasteiger partial charge in [-0.1, -0.05) is 19.4 Å². The SMILES string of the molecule is CCCN1CCCC[C@@H]1C(=O)Nc1cccc(N2CCOC2=O)c1. The Morgan fingerprint density at radius 2 is 2.21 bits per heavy atom. The minimum atomic E-state index is -0.333. The average Bonchev–Trinajstić information content (AvgIpc) is 3.02. The molecule has 0 unspecified atom stereocenters. The van der Waals surface area contributed by atoms with Crippen molar-refractivity contribution in [3.05, 3.63) is 24.3 Å². The smallest absolute Gasteiger partial charge is 0.414 e. The van der Waals surface area contributed by atoms with Crippen molar-refractivity contribution in [3.8, 4) is 0 Å². The first-order valence-electron chi connectivity index (χ1n) is 8.78. The Bertz CT molecular complexity index is 603. The summed E-state index contributed by atoms with van der Waals surface area (Å²) in [4.78, 5) is 28.2. The van der Waals surface area contributed by atoms with Crippen molar-refractivity contribution in [3.63, 3.8) is 0 Å². The van der Waals surface area contributed by atoms with Crippen molar-refractivity contribution in [2.75, 3.05) is 36.5 Å². The number of nitrogens with zero attached hydrogens (tertiary/aromatic N) is 2. The molecule has 6 heteroatoms. The maximum Gasteiger partial charge on any atom is 0.414 e. The summed E-state index contributed by atoms with van der Waals surface area (Å²) in [6, 6.07) is 7.33. The topological polar surface area (TPSA) is 61.9 Å². The monoisotopic (exact) mass is 331 g/mol. The van der Waals surface area contributed by atoms with Crippen LogP contribution >= 0.6 is 0 Å². The second kappa shape index (κ2) is 7.66. The highest BCUT2D eigenvalue weighted by Crippen LogP contribution is 2.24. The van der Waals surface area contributed by atoms with E-state index in [9.17, 15) is 9.59 Å². The van der Waals surface area contributed by atoms with E-state index in [0.29, 0.717) is 13.2 Å². The number of carbonyl (C=O) groups excluding carboxylic acids is 2. The van der Waals surface area contributed by atoms with Crippen molar-refractivity contribution < 1.29 is 14.3 Å². The maximum atomic E-state index is 12.7. The first-order valence-corrected chi connectivity index (χ1v) is 8.78. The molecule has 24 heavy (non-hydrogen) atoms. The zero-order valence-corrected chi connectivity index (χ0v) is 14.2. The summed E-state index contributed by atoms with van der Waals surface area (Å²) in [7, 11) is 0. The summed E-state index contributed by atoms with van der Waals surface area (Å²) < 4.78 is 4.97. The lowest BCUT2D eigenvalue weighted by molar-refractivity contribution is -0.122. The highest BCUT2D eigenvalue weighted by Gasteiger charge is 2.28. The second-order valence-corrected chi connectivity index (χ2v) is 6.35. The van der Waals surface area contributed by atoms with Gasteiger partial charge >= 0.3 is 6.09 Å². The van der Waals surface area contributed by atoms with Gasteiger partial charge in [0.15, 0.2) is 0 Å². The van der Waals surface area contributed by atoms with Crippen molar-refractivity contribution in [1.29, 1.82) is 0 Å². The van der Waals surface area contributed by atoms with Gasteiger partial charge in [0.25, 0.3) is 0 Å². The van der Waals surface area contributed by atoms with Crippen molar-refractivity contribution in [1.82, 2.24) is 4.90 Å². The fourth-order valence-corrected chi connectivity index (χ4v) is 3.45. The van der Waals surface area contributed by atoms with Crippen molar-refractivity contribution >= 4 is 23.4 Å². The van der Waals surface area contributed by atoms with Crippen LogP contribution in [0.2, 0.25) is 0 Å². The van der Waals surface area contributed by atoms with E-state index >= 15 is 0 Å². The lowest BCUT2D eigenvalue weighted by atomic mass is 10.0. The van der Waals surface area contributed by atoms with Gasteiger partial charge in [-0.25, -0.2) is 4.79 Å². The van der Waals surface area contributed by atoms with Gasteiger partial charge in [0.2, 0.25) is 5.91 Å². The summed E-state index contributed by atoms with van der Waals surface area (Å²) in [6.45, 7) is 5.04. The molecule has 130 valence electrons. The number of amides is 2. The molecule has 1 atom stereocenters. The molecule has 2 fully saturated rings. The first kappa shape index (κ1) is 16.8. The van der Waals surface area contributed by atoms with Gasteiger partial charge in [0.05, 0.1) is 12.6 Å². The number of piperidine rings is 1. The molecule has 0 bridgehead atoms. The van der Waals surface area contributed by atoms with Gasteiger partial charge in [-0.15, -0.1) is 0 Å². The number of hydrogen-bond donors (Lipinski definition) is 1. The van der Waals surface area contributed by atoms with E-state index in [2.05, 4.69) is 17.1 Å². The Labute approximate surface area is 142 Å². The highest BCUT2D eigenvalue weighted by atomic mass is 16.6. The Hall–Kier alpha value is -2.08. The van der Waals surface area contributed by atoms with Gasteiger partial charge in [-0.05, 0) is 50.6 Å². The normalized spacial score (nSPS) is 21.6. The average molecular weight is 331 g/mol. The third-order valence-corrected chi connectivity index (χ3v) is 4.61. The third kappa shape index (κ3) is 3.70. The van der Waals surface area contributed by atoms with Gasteiger partial charge < -0.3 is 10.1 Å². The molecule has 0 saturated carbocycles. The number of ether oxygens (including phenoxy) is 1. The van der Waals surface area contributed by atoms with E-state index in [1.54, 1.807) is 4.90 Å². The standard InChI is InChI=1S/C18H25N3O3/c1-2-9-20-10-4-3-8-16(20)17(22)19-14-6-5-7-15(13-14)21-11-12-24-18(21)23/h5-7,13,16H,2-4,8-12H2,1H3,(H,19,22)/t16-/m1/s1. The lowest BCUT2D eigenvalue weighted by Crippen LogP contribution is -2.47. The van der Waals surface area contributed by atoms with Crippen LogP contribution in [-0.2, 0) is 9.53 Å². The Morgan fingerprint density at radius 3 is 2.96 bits per heavy atom. The molecule has 3 rings (SSSR count). The Kier molecular flexibility index (Phi) is 5.35. The van der Waals surface area contributed by atoms with E-state index in [0.717, 1.165) is 50.1 Å². The summed E-state index contributed by atoms with van der Waals surface area (Å²) >= 11 is 0. The minimum Gasteiger partial charge on any atom is -0.447 e. The predicted molar refractivity (Wildman–Crippen MR) is 93.3 cm³/mol. The van der Waals surface area contributed by atoms with Crippen LogP contribution in [0.15, 0.2) is 24.3 Å². The van der Waals surface area contributed by atoms with Crippen molar-refractivity contribution in [2.45, 2.75) is 38.6 Å². The molecule has 1 aromatic carbocycles. The molecule has 2 aliphatic heterocycles. The summed E-state index contributed by atoms with van der Waals surface area (Å²) in [5.41, 5.74) is 1.48. The molecule has 2 saturated heterocycles. The van der Waals surface area contributed by atoms with Crippen LogP contribution in [0, 0.1) is 0 Å². The van der Waals surface area contributed by atoms with Crippen LogP contribution < -0.4 is 10.2 Å². The number of hydrogen-bond acceptors (Lipinski definition) is 4. The molecule has 2 aliphatic rings. The van der Waals surface area contributed by atoms with Crippen LogP contribution in [0.4, 0.5) is 16.2 Å². The van der Waals surface area contributed by atoms with E-state index in [-0.39, 0.29) is 18.0 Å². The number of benzene rings is 1. The molecule has 6 nitrogen and oxygen atoms in total. The van der Waals surface area contributed by atoms with Crippen LogP contribution in [0.3, 0.4) is 0 Å². The largest absolute Gasteiger partial charge is 0.447 e. The molecular weight excluding hydrogens is 306 g/mol. The molecule has 0 radical (unpaired) electrons. The van der Waals surface area contributed by atoms with Crippen molar-refractivity contribution in [2.24, 2.45) is 0 Å². The molecule has 0 spiro atoms. The molecule has 2 heterocycles. The van der Waals surface area contributed by atoms with Gasteiger partial charge in [0, 0.05) is 11.4 Å². The summed E-state index contributed by atoms with van der Waals surface area (Å²) in [5, 5.41) is 3.02. The minimum absolute atomic E-state index is 0.0456. The lowest BCUT2D eigenvalue weighted by Gasteiger charge is -2.34. The number of nitrogens with one attached hydrogen (secondary N) is 1. The number of likely N-dealkylation sites (tertiary alicyclic amines) is 1. The van der Waals surface area contributed by atoms with Crippen LogP contribution in [-0.4, -0.2) is 49.2 Å². The number of cyclic esters (lactones) is 1. The van der Waals surface area contributed by atoms with E-state index in [1.165, 1.54) is 0 Å².